The number of nitrogens with two attached hydrogens (primary N) is 1. The van der Waals surface area contributed by atoms with Crippen molar-refractivity contribution in [3.8, 4) is 11.8 Å². The van der Waals surface area contributed by atoms with Gasteiger partial charge in [0, 0.05) is 16.5 Å². The van der Waals surface area contributed by atoms with E-state index in [1.807, 2.05) is 12.3 Å². The summed E-state index contributed by atoms with van der Waals surface area (Å²) < 4.78 is 0. The quantitative estimate of drug-likeness (QED) is 0.800. The Bertz CT molecular complexity index is 582. The smallest absolute Gasteiger partial charge is 0.223 e. The largest absolute Gasteiger partial charge is 0.369 e. The number of hydrogen-bond acceptors (Lipinski definition) is 3. The Kier molecular flexibility index (Phi) is 2.90. The van der Waals surface area contributed by atoms with E-state index in [4.69, 9.17) is 5.73 Å². The van der Waals surface area contributed by atoms with Gasteiger partial charge in [0.05, 0.1) is 5.41 Å². The molecule has 0 aliphatic heterocycles. The lowest BCUT2D eigenvalue weighted by molar-refractivity contribution is -0.129. The van der Waals surface area contributed by atoms with E-state index in [-0.39, 0.29) is 16.7 Å². The van der Waals surface area contributed by atoms with Gasteiger partial charge in [-0.3, -0.25) is 4.79 Å². The Labute approximate surface area is 117 Å². The van der Waals surface area contributed by atoms with Crippen molar-refractivity contribution in [1.29, 1.82) is 0 Å². The molecule has 2 N–H and O–H groups in total. The number of nitrogens with zero attached hydrogens (tertiary/aromatic N) is 1. The highest BCUT2D eigenvalue weighted by Gasteiger charge is 2.53. The van der Waals surface area contributed by atoms with Crippen molar-refractivity contribution in [3.63, 3.8) is 0 Å². The van der Waals surface area contributed by atoms with Gasteiger partial charge < -0.3 is 5.73 Å². The zero-order valence-electron chi connectivity index (χ0n) is 11.2. The van der Waals surface area contributed by atoms with Crippen LogP contribution in [0.4, 0.5) is 0 Å². The minimum Gasteiger partial charge on any atom is -0.369 e. The van der Waals surface area contributed by atoms with Crippen LogP contribution >= 0.6 is 11.3 Å². The Morgan fingerprint density at radius 2 is 2.26 bits per heavy atom. The molecule has 3 rings (SSSR count). The van der Waals surface area contributed by atoms with Crippen LogP contribution in [-0.2, 0) is 4.79 Å². The minimum absolute atomic E-state index is 0.00680. The van der Waals surface area contributed by atoms with E-state index in [9.17, 15) is 4.79 Å². The molecule has 2 aliphatic rings. The van der Waals surface area contributed by atoms with Gasteiger partial charge in [-0.2, -0.15) is 0 Å². The number of fused-ring (bicyclic) bond motifs is 2. The fraction of sp³-hybridized carbons (Fsp3) is 0.600. The molecule has 1 aromatic rings. The monoisotopic (exact) mass is 274 g/mol. The second kappa shape index (κ2) is 4.35. The molecule has 2 saturated carbocycles. The fourth-order valence-corrected chi connectivity index (χ4v) is 4.24. The number of amides is 1. The molecular weight excluding hydrogens is 256 g/mol. The van der Waals surface area contributed by atoms with Crippen LogP contribution in [0, 0.1) is 29.6 Å². The number of carbonyl (C=O) groups is 1. The van der Waals surface area contributed by atoms with Crippen molar-refractivity contribution < 1.29 is 4.79 Å². The molecule has 3 nitrogen and oxygen atoms in total. The maximum atomic E-state index is 11.7. The SMILES string of the molecule is Cc1csc(C#CC23CCCC(C(N)=O)(CC2)C3)n1. The van der Waals surface area contributed by atoms with Gasteiger partial charge in [-0.1, -0.05) is 12.3 Å². The summed E-state index contributed by atoms with van der Waals surface area (Å²) in [6.07, 6.45) is 5.88. The third-order valence-electron chi connectivity index (χ3n) is 4.65. The Balaban J connectivity index is 1.86. The number of hydrogen-bond donors (Lipinski definition) is 1. The number of carbonyl (C=O) groups excluding carboxylic acids is 1. The van der Waals surface area contributed by atoms with Crippen LogP contribution in [-0.4, -0.2) is 10.9 Å². The Morgan fingerprint density at radius 3 is 2.95 bits per heavy atom. The molecule has 1 heterocycles. The van der Waals surface area contributed by atoms with E-state index in [0.29, 0.717) is 0 Å². The lowest BCUT2D eigenvalue weighted by atomic mass is 9.69. The van der Waals surface area contributed by atoms with Gasteiger partial charge in [0.2, 0.25) is 5.91 Å². The van der Waals surface area contributed by atoms with Gasteiger partial charge >= 0.3 is 0 Å². The number of rotatable bonds is 1. The molecule has 19 heavy (non-hydrogen) atoms. The first kappa shape index (κ1) is 12.7. The summed E-state index contributed by atoms with van der Waals surface area (Å²) in [5, 5.41) is 2.90. The van der Waals surface area contributed by atoms with E-state index in [2.05, 4.69) is 16.8 Å². The van der Waals surface area contributed by atoms with E-state index in [0.717, 1.165) is 49.2 Å². The van der Waals surface area contributed by atoms with Crippen LogP contribution < -0.4 is 5.73 Å². The highest BCUT2D eigenvalue weighted by molar-refractivity contribution is 7.10. The van der Waals surface area contributed by atoms with Crippen molar-refractivity contribution in [3.05, 3.63) is 16.1 Å². The third-order valence-corrected chi connectivity index (χ3v) is 5.52. The molecule has 1 aromatic heterocycles. The van der Waals surface area contributed by atoms with Crippen LogP contribution in [0.2, 0.25) is 0 Å². The molecule has 0 spiro atoms. The lowest BCUT2D eigenvalue weighted by Gasteiger charge is -2.34. The summed E-state index contributed by atoms with van der Waals surface area (Å²) in [7, 11) is 0. The summed E-state index contributed by atoms with van der Waals surface area (Å²) in [6, 6.07) is 0. The van der Waals surface area contributed by atoms with Gasteiger partial charge in [0.15, 0.2) is 5.01 Å². The van der Waals surface area contributed by atoms with Crippen molar-refractivity contribution >= 4 is 17.2 Å². The molecular formula is C15H18N2OS. The average molecular weight is 274 g/mol. The van der Waals surface area contributed by atoms with E-state index < -0.39 is 0 Å². The number of thiazole rings is 1. The summed E-state index contributed by atoms with van der Waals surface area (Å²) in [6.45, 7) is 1.98. The molecule has 1 amide bonds. The van der Waals surface area contributed by atoms with Crippen molar-refractivity contribution in [1.82, 2.24) is 4.98 Å². The molecule has 2 unspecified atom stereocenters. The van der Waals surface area contributed by atoms with Gasteiger partial charge in [0.1, 0.15) is 0 Å². The van der Waals surface area contributed by atoms with E-state index in [1.54, 1.807) is 11.3 Å². The lowest BCUT2D eigenvalue weighted by Crippen LogP contribution is -2.38. The molecule has 0 saturated heterocycles. The average Bonchev–Trinajstić information content (AvgIpc) is 2.91. The van der Waals surface area contributed by atoms with Gasteiger partial charge in [-0.05, 0) is 44.9 Å². The molecule has 100 valence electrons. The van der Waals surface area contributed by atoms with Gasteiger partial charge in [0.25, 0.3) is 0 Å². The highest BCUT2D eigenvalue weighted by atomic mass is 32.1. The summed E-state index contributed by atoms with van der Waals surface area (Å²) in [5.74, 6) is 6.52. The van der Waals surface area contributed by atoms with Crippen LogP contribution in [0.15, 0.2) is 5.38 Å². The predicted octanol–water partition coefficient (Wildman–Crippen LogP) is 2.63. The molecule has 2 bridgehead atoms. The highest BCUT2D eigenvalue weighted by Crippen LogP contribution is 2.58. The first-order chi connectivity index (χ1) is 9.04. The van der Waals surface area contributed by atoms with E-state index in [1.165, 1.54) is 0 Å². The van der Waals surface area contributed by atoms with Crippen LogP contribution in [0.1, 0.15) is 49.2 Å². The number of primary amides is 1. The van der Waals surface area contributed by atoms with Gasteiger partial charge in [-0.15, -0.1) is 11.3 Å². The Hall–Kier alpha value is -1.34. The van der Waals surface area contributed by atoms with Crippen LogP contribution in [0.5, 0.6) is 0 Å². The standard InChI is InChI=1S/C15H18N2OS/c1-11-9-19-12(17-11)3-6-14-4-2-5-15(10-14,8-7-14)13(16)18/h9H,2,4-5,7-8,10H2,1H3,(H2,16,18). The predicted molar refractivity (Wildman–Crippen MR) is 75.5 cm³/mol. The summed E-state index contributed by atoms with van der Waals surface area (Å²) >= 11 is 1.59. The van der Waals surface area contributed by atoms with Crippen molar-refractivity contribution in [2.75, 3.05) is 0 Å². The fourth-order valence-electron chi connectivity index (χ4n) is 3.60. The number of aromatic nitrogens is 1. The maximum Gasteiger partial charge on any atom is 0.223 e. The van der Waals surface area contributed by atoms with Crippen LogP contribution in [0.3, 0.4) is 0 Å². The third kappa shape index (κ3) is 2.17. The normalized spacial score (nSPS) is 32.7. The summed E-state index contributed by atoms with van der Waals surface area (Å²) in [5.41, 5.74) is 6.37. The molecule has 2 atom stereocenters. The summed E-state index contributed by atoms with van der Waals surface area (Å²) in [4.78, 5) is 16.1. The van der Waals surface area contributed by atoms with Crippen molar-refractivity contribution in [2.24, 2.45) is 16.6 Å². The zero-order chi connectivity index (χ0) is 13.5. The molecule has 4 heteroatoms. The van der Waals surface area contributed by atoms with E-state index >= 15 is 0 Å². The Morgan fingerprint density at radius 1 is 1.42 bits per heavy atom. The molecule has 0 aromatic carbocycles. The van der Waals surface area contributed by atoms with Crippen LogP contribution in [0.25, 0.3) is 0 Å². The second-order valence-electron chi connectivity index (χ2n) is 6.00. The zero-order valence-corrected chi connectivity index (χ0v) is 12.0. The number of aryl methyl sites for hydroxylation is 1. The molecule has 2 fully saturated rings. The molecule has 0 radical (unpaired) electrons. The van der Waals surface area contributed by atoms with Gasteiger partial charge in [-0.25, -0.2) is 4.98 Å². The second-order valence-corrected chi connectivity index (χ2v) is 6.86. The topological polar surface area (TPSA) is 56.0 Å². The first-order valence-electron chi connectivity index (χ1n) is 6.79. The maximum absolute atomic E-state index is 11.7. The first-order valence-corrected chi connectivity index (χ1v) is 7.67. The molecule has 2 aliphatic carbocycles. The minimum atomic E-state index is -0.272. The van der Waals surface area contributed by atoms with Crippen molar-refractivity contribution in [2.45, 2.75) is 45.4 Å².